The Morgan fingerprint density at radius 3 is 1.86 bits per heavy atom. The predicted molar refractivity (Wildman–Crippen MR) is 213 cm³/mol. The summed E-state index contributed by atoms with van der Waals surface area (Å²) in [6, 6.07) is 42.7. The van der Waals surface area contributed by atoms with Gasteiger partial charge in [0.15, 0.2) is 0 Å². The molecule has 4 aromatic heterocycles. The van der Waals surface area contributed by atoms with E-state index in [1.54, 1.807) is 12.4 Å². The van der Waals surface area contributed by atoms with Crippen LogP contribution in [0.1, 0.15) is 31.9 Å². The van der Waals surface area contributed by atoms with Crippen LogP contribution in [0.3, 0.4) is 0 Å². The summed E-state index contributed by atoms with van der Waals surface area (Å²) in [7, 11) is 0. The minimum Gasteiger partial charge on any atom is -0.309 e. The maximum Gasteiger partial charge on any atom is 0.0900 e. The molecule has 0 radical (unpaired) electrons. The Kier molecular flexibility index (Phi) is 7.15. The third-order valence-electron chi connectivity index (χ3n) is 10.4. The number of pyridine rings is 3. The van der Waals surface area contributed by atoms with Crippen LogP contribution in [0.15, 0.2) is 164 Å². The van der Waals surface area contributed by atoms with Crippen molar-refractivity contribution >= 4 is 38.2 Å². The first-order chi connectivity index (χ1) is 25.0. The maximum atomic E-state index is 4.99. The zero-order chi connectivity index (χ0) is 34.7. The van der Waals surface area contributed by atoms with Crippen LogP contribution < -0.4 is 0 Å². The summed E-state index contributed by atoms with van der Waals surface area (Å²) >= 11 is 0. The molecule has 0 bridgehead atoms. The van der Waals surface area contributed by atoms with Gasteiger partial charge in [-0.2, -0.15) is 0 Å². The molecule has 244 valence electrons. The highest BCUT2D eigenvalue weighted by atomic mass is 15.0. The molecule has 9 rings (SSSR count). The monoisotopic (exact) mass is 656 g/mol. The van der Waals surface area contributed by atoms with Crippen molar-refractivity contribution in [2.75, 3.05) is 0 Å². The fourth-order valence-corrected chi connectivity index (χ4v) is 8.18. The van der Waals surface area contributed by atoms with Crippen LogP contribution in [0.4, 0.5) is 0 Å². The Morgan fingerprint density at radius 2 is 1.25 bits per heavy atom. The number of fused-ring (bicyclic) bond motifs is 8. The van der Waals surface area contributed by atoms with E-state index in [1.165, 1.54) is 54.9 Å². The number of rotatable bonds is 6. The van der Waals surface area contributed by atoms with Crippen molar-refractivity contribution in [3.8, 4) is 39.6 Å². The van der Waals surface area contributed by atoms with Gasteiger partial charge in [-0.3, -0.25) is 9.97 Å². The number of aromatic nitrogens is 4. The highest BCUT2D eigenvalue weighted by Crippen LogP contribution is 2.55. The van der Waals surface area contributed by atoms with Crippen molar-refractivity contribution in [1.82, 2.24) is 19.5 Å². The molecular weight excluding hydrogens is 621 g/mol. The Labute approximate surface area is 297 Å². The van der Waals surface area contributed by atoms with Crippen LogP contribution >= 0.6 is 0 Å². The van der Waals surface area contributed by atoms with Gasteiger partial charge in [0.1, 0.15) is 0 Å². The maximum absolute atomic E-state index is 4.99. The van der Waals surface area contributed by atoms with Crippen molar-refractivity contribution < 1.29 is 0 Å². The number of nitrogens with zero attached hydrogens (tertiary/aromatic N) is 4. The van der Waals surface area contributed by atoms with Gasteiger partial charge in [0.2, 0.25) is 0 Å². The summed E-state index contributed by atoms with van der Waals surface area (Å²) < 4.78 is 2.48. The van der Waals surface area contributed by atoms with Crippen molar-refractivity contribution in [3.05, 3.63) is 175 Å². The van der Waals surface area contributed by atoms with E-state index in [1.807, 2.05) is 36.4 Å². The second-order valence-corrected chi connectivity index (χ2v) is 13.6. The summed E-state index contributed by atoms with van der Waals surface area (Å²) in [5.41, 5.74) is 13.9. The third kappa shape index (κ3) is 4.71. The lowest BCUT2D eigenvalue weighted by Gasteiger charge is -2.25. The first-order valence-corrected chi connectivity index (χ1v) is 17.4. The Hall–Kier alpha value is -6.39. The lowest BCUT2D eigenvalue weighted by Crippen LogP contribution is -2.18. The molecule has 4 nitrogen and oxygen atoms in total. The van der Waals surface area contributed by atoms with Crippen LogP contribution in [0.25, 0.3) is 77.7 Å². The SMILES string of the molecule is C=CC1=C(/C=C\C)c2c(c3c(c4ccccc24)c2ccccc2n3-c2ccc(-c3cc(-c4ccccn4)nc(-c4ccccn4)c3)cc2)C1(C)C. The van der Waals surface area contributed by atoms with E-state index in [-0.39, 0.29) is 5.41 Å². The molecule has 0 saturated carbocycles. The number of allylic oxidation sites excluding steroid dienone is 5. The van der Waals surface area contributed by atoms with E-state index in [0.717, 1.165) is 39.6 Å². The average molecular weight is 657 g/mol. The first kappa shape index (κ1) is 30.7. The molecule has 8 aromatic rings. The zero-order valence-corrected chi connectivity index (χ0v) is 28.9. The van der Waals surface area contributed by atoms with Gasteiger partial charge in [0.05, 0.1) is 33.8 Å². The molecule has 0 atom stereocenters. The van der Waals surface area contributed by atoms with Gasteiger partial charge >= 0.3 is 0 Å². The normalized spacial score (nSPS) is 13.9. The van der Waals surface area contributed by atoms with Crippen molar-refractivity contribution in [1.29, 1.82) is 0 Å². The quantitative estimate of drug-likeness (QED) is 0.179. The molecule has 0 saturated heterocycles. The minimum absolute atomic E-state index is 0.263. The van der Waals surface area contributed by atoms with Crippen molar-refractivity contribution in [3.63, 3.8) is 0 Å². The fraction of sp³-hybridized carbons (Fsp3) is 0.0851. The molecule has 0 aliphatic heterocycles. The molecule has 4 heterocycles. The fourth-order valence-electron chi connectivity index (χ4n) is 8.18. The second-order valence-electron chi connectivity index (χ2n) is 13.6. The van der Waals surface area contributed by atoms with Crippen molar-refractivity contribution in [2.45, 2.75) is 26.2 Å². The molecule has 1 aliphatic carbocycles. The number of hydrogen-bond acceptors (Lipinski definition) is 3. The third-order valence-corrected chi connectivity index (χ3v) is 10.4. The molecule has 4 aromatic carbocycles. The van der Waals surface area contributed by atoms with E-state index in [9.17, 15) is 0 Å². The van der Waals surface area contributed by atoms with Crippen LogP contribution in [0.5, 0.6) is 0 Å². The van der Waals surface area contributed by atoms with E-state index in [4.69, 9.17) is 4.98 Å². The van der Waals surface area contributed by atoms with Gasteiger partial charge in [0.25, 0.3) is 0 Å². The van der Waals surface area contributed by atoms with Crippen LogP contribution in [0.2, 0.25) is 0 Å². The van der Waals surface area contributed by atoms with Gasteiger partial charge in [-0.05, 0) is 106 Å². The average Bonchev–Trinajstić information content (AvgIpc) is 3.64. The van der Waals surface area contributed by atoms with E-state index in [0.29, 0.717) is 0 Å². The molecule has 0 fully saturated rings. The highest BCUT2D eigenvalue weighted by molar-refractivity contribution is 6.26. The highest BCUT2D eigenvalue weighted by Gasteiger charge is 2.40. The number of benzene rings is 4. The molecule has 4 heteroatoms. The smallest absolute Gasteiger partial charge is 0.0900 e. The topological polar surface area (TPSA) is 43.6 Å². The second kappa shape index (κ2) is 11.9. The standard InChI is InChI=1S/C47H36N4/c1-5-15-35-37(6-2)47(3,4)45-43(35)33-16-7-8-17-34(33)44-36-18-9-10-21-42(36)51(46(44)45)32-24-22-30(23-25-32)31-28-40(38-19-11-13-26-48-38)50-41(29-31)39-20-12-14-27-49-39/h5-29H,2H2,1,3-4H3/b15-5-. The molecule has 0 unspecified atom stereocenters. The van der Waals surface area contributed by atoms with E-state index < -0.39 is 0 Å². The molecule has 1 aliphatic rings. The predicted octanol–water partition coefficient (Wildman–Crippen LogP) is 11.9. The van der Waals surface area contributed by atoms with Crippen LogP contribution in [0, 0.1) is 0 Å². The minimum atomic E-state index is -0.263. The van der Waals surface area contributed by atoms with Gasteiger partial charge in [-0.1, -0.05) is 105 Å². The first-order valence-electron chi connectivity index (χ1n) is 17.4. The van der Waals surface area contributed by atoms with Gasteiger partial charge < -0.3 is 4.57 Å². The number of hydrogen-bond donors (Lipinski definition) is 0. The number of para-hydroxylation sites is 1. The summed E-state index contributed by atoms with van der Waals surface area (Å²) in [5.74, 6) is 0. The van der Waals surface area contributed by atoms with Gasteiger partial charge in [-0.25, -0.2) is 4.98 Å². The van der Waals surface area contributed by atoms with Crippen LogP contribution in [-0.4, -0.2) is 19.5 Å². The lowest BCUT2D eigenvalue weighted by molar-refractivity contribution is 0.659. The Morgan fingerprint density at radius 1 is 0.647 bits per heavy atom. The van der Waals surface area contributed by atoms with E-state index >= 15 is 0 Å². The van der Waals surface area contributed by atoms with E-state index in [2.05, 4.69) is 145 Å². The summed E-state index contributed by atoms with van der Waals surface area (Å²) in [4.78, 5) is 14.2. The lowest BCUT2D eigenvalue weighted by atomic mass is 9.79. The Bertz CT molecular complexity index is 2660. The summed E-state index contributed by atoms with van der Waals surface area (Å²) in [5, 5.41) is 5.08. The van der Waals surface area contributed by atoms with Crippen molar-refractivity contribution in [2.24, 2.45) is 0 Å². The van der Waals surface area contributed by atoms with Gasteiger partial charge in [-0.15, -0.1) is 0 Å². The van der Waals surface area contributed by atoms with Gasteiger partial charge in [0, 0.05) is 34.3 Å². The molecule has 0 amide bonds. The summed E-state index contributed by atoms with van der Waals surface area (Å²) in [6.07, 6.45) is 10.1. The molecule has 51 heavy (non-hydrogen) atoms. The molecule has 0 N–H and O–H groups in total. The Balaban J connectivity index is 1.30. The summed E-state index contributed by atoms with van der Waals surface area (Å²) in [6.45, 7) is 11.1. The molecule has 0 spiro atoms. The van der Waals surface area contributed by atoms with Crippen LogP contribution in [-0.2, 0) is 5.41 Å². The molecular formula is C47H36N4. The largest absolute Gasteiger partial charge is 0.309 e. The zero-order valence-electron chi connectivity index (χ0n) is 28.9.